The molecule has 1 fully saturated rings. The lowest BCUT2D eigenvalue weighted by Crippen LogP contribution is -2.52. The van der Waals surface area contributed by atoms with Crippen LogP contribution >= 0.6 is 0 Å². The Bertz CT molecular complexity index is 1470. The Balaban J connectivity index is 1.32. The second-order valence-corrected chi connectivity index (χ2v) is 12.1. The summed E-state index contributed by atoms with van der Waals surface area (Å²) in [7, 11) is -4.14. The van der Waals surface area contributed by atoms with Gasteiger partial charge < -0.3 is 15.5 Å². The lowest BCUT2D eigenvalue weighted by Gasteiger charge is -2.36. The molecule has 0 bridgehead atoms. The Morgan fingerprint density at radius 3 is 2.30 bits per heavy atom. The van der Waals surface area contributed by atoms with E-state index in [0.29, 0.717) is 17.1 Å². The summed E-state index contributed by atoms with van der Waals surface area (Å²) >= 11 is 0. The number of amides is 2. The molecule has 2 N–H and O–H groups in total. The Hall–Kier alpha value is -3.89. The van der Waals surface area contributed by atoms with Gasteiger partial charge in [0, 0.05) is 37.6 Å². The van der Waals surface area contributed by atoms with Crippen LogP contribution < -0.4 is 19.8 Å². The standard InChI is InChI=1S/C30H35N5O4S/c1-3-16-33-17-19-34(20-18-33)24-12-10-23(11-13-24)31-29(36)21-28-30(37)32-26-6-4-5-7-27(26)35(28)40(38,39)25-14-8-22(2)9-15-25/h4-15,28H,3,16-21H2,1-2H3,(H,31,36)(H,32,37)/t28-/m1/s1. The van der Waals surface area contributed by atoms with Crippen LogP contribution in [0.2, 0.25) is 0 Å². The van der Waals surface area contributed by atoms with Crippen LogP contribution in [0.1, 0.15) is 25.3 Å². The van der Waals surface area contributed by atoms with E-state index in [1.165, 1.54) is 12.1 Å². The van der Waals surface area contributed by atoms with Crippen molar-refractivity contribution in [1.29, 1.82) is 0 Å². The van der Waals surface area contributed by atoms with Crippen molar-refractivity contribution in [1.82, 2.24) is 4.90 Å². The van der Waals surface area contributed by atoms with Crippen molar-refractivity contribution in [2.45, 2.75) is 37.6 Å². The minimum atomic E-state index is -4.14. The number of piperazine rings is 1. The largest absolute Gasteiger partial charge is 0.369 e. The van der Waals surface area contributed by atoms with Crippen molar-refractivity contribution in [3.05, 3.63) is 78.4 Å². The zero-order valence-corrected chi connectivity index (χ0v) is 23.7. The van der Waals surface area contributed by atoms with Gasteiger partial charge in [-0.15, -0.1) is 0 Å². The smallest absolute Gasteiger partial charge is 0.265 e. The van der Waals surface area contributed by atoms with Crippen molar-refractivity contribution in [2.24, 2.45) is 0 Å². The van der Waals surface area contributed by atoms with Crippen molar-refractivity contribution < 1.29 is 18.0 Å². The number of para-hydroxylation sites is 2. The number of hydrogen-bond donors (Lipinski definition) is 2. The van der Waals surface area contributed by atoms with Gasteiger partial charge in [-0.25, -0.2) is 8.42 Å². The van der Waals surface area contributed by atoms with Gasteiger partial charge in [0.2, 0.25) is 11.8 Å². The van der Waals surface area contributed by atoms with Gasteiger partial charge in [0.05, 0.1) is 22.7 Å². The predicted octanol–water partition coefficient (Wildman–Crippen LogP) is 4.07. The first-order chi connectivity index (χ1) is 19.3. The molecule has 3 aromatic rings. The van der Waals surface area contributed by atoms with Gasteiger partial charge in [-0.05, 0) is 68.4 Å². The number of nitrogens with zero attached hydrogens (tertiary/aromatic N) is 3. The molecule has 2 aliphatic heterocycles. The van der Waals surface area contributed by atoms with Crippen molar-refractivity contribution in [3.8, 4) is 0 Å². The summed E-state index contributed by atoms with van der Waals surface area (Å²) in [6.45, 7) is 9.15. The Kier molecular flexibility index (Phi) is 8.09. The zero-order valence-electron chi connectivity index (χ0n) is 22.8. The fraction of sp³-hybridized carbons (Fsp3) is 0.333. The normalized spacial score (nSPS) is 17.8. The third-order valence-electron chi connectivity index (χ3n) is 7.37. The van der Waals surface area contributed by atoms with E-state index in [9.17, 15) is 18.0 Å². The first kappa shape index (κ1) is 27.7. The molecule has 40 heavy (non-hydrogen) atoms. The number of carbonyl (C=O) groups is 2. The molecule has 2 heterocycles. The Morgan fingerprint density at radius 1 is 0.950 bits per heavy atom. The van der Waals surface area contributed by atoms with E-state index >= 15 is 0 Å². The van der Waals surface area contributed by atoms with Crippen LogP contribution in [0, 0.1) is 6.92 Å². The third kappa shape index (κ3) is 5.83. The first-order valence-electron chi connectivity index (χ1n) is 13.6. The number of hydrogen-bond acceptors (Lipinski definition) is 6. The highest BCUT2D eigenvalue weighted by molar-refractivity contribution is 7.93. The second-order valence-electron chi connectivity index (χ2n) is 10.3. The molecule has 0 unspecified atom stereocenters. The molecule has 5 rings (SSSR count). The van der Waals surface area contributed by atoms with E-state index in [0.717, 1.165) is 54.7 Å². The van der Waals surface area contributed by atoms with Crippen LogP contribution in [-0.2, 0) is 19.6 Å². The highest BCUT2D eigenvalue weighted by Crippen LogP contribution is 2.37. The van der Waals surface area contributed by atoms with Gasteiger partial charge in [0.1, 0.15) is 6.04 Å². The molecule has 0 spiro atoms. The molecule has 1 atom stereocenters. The molecule has 210 valence electrons. The maximum absolute atomic E-state index is 13.8. The van der Waals surface area contributed by atoms with E-state index < -0.39 is 27.9 Å². The molecule has 1 saturated heterocycles. The van der Waals surface area contributed by atoms with Gasteiger partial charge in [-0.2, -0.15) is 0 Å². The second kappa shape index (κ2) is 11.7. The van der Waals surface area contributed by atoms with Crippen LogP contribution in [0.25, 0.3) is 0 Å². The number of sulfonamides is 1. The summed E-state index contributed by atoms with van der Waals surface area (Å²) in [5.41, 5.74) is 3.29. The van der Waals surface area contributed by atoms with Gasteiger partial charge in [-0.3, -0.25) is 18.8 Å². The number of anilines is 4. The average molecular weight is 562 g/mol. The van der Waals surface area contributed by atoms with Crippen LogP contribution in [0.3, 0.4) is 0 Å². The fourth-order valence-electron chi connectivity index (χ4n) is 5.25. The summed E-state index contributed by atoms with van der Waals surface area (Å²) in [6.07, 6.45) is 0.811. The number of nitrogens with one attached hydrogen (secondary N) is 2. The van der Waals surface area contributed by atoms with E-state index in [2.05, 4.69) is 27.4 Å². The van der Waals surface area contributed by atoms with Crippen molar-refractivity contribution in [3.63, 3.8) is 0 Å². The molecule has 9 nitrogen and oxygen atoms in total. The van der Waals surface area contributed by atoms with E-state index in [1.54, 1.807) is 36.4 Å². The maximum Gasteiger partial charge on any atom is 0.265 e. The quantitative estimate of drug-likeness (QED) is 0.430. The van der Waals surface area contributed by atoms with Gasteiger partial charge in [-0.1, -0.05) is 36.8 Å². The van der Waals surface area contributed by atoms with Gasteiger partial charge in [0.25, 0.3) is 10.0 Å². The fourth-order valence-corrected chi connectivity index (χ4v) is 6.88. The summed E-state index contributed by atoms with van der Waals surface area (Å²) < 4.78 is 28.7. The van der Waals surface area contributed by atoms with Crippen LogP contribution in [0.15, 0.2) is 77.7 Å². The topological polar surface area (TPSA) is 102 Å². The molecule has 10 heteroatoms. The number of rotatable bonds is 8. The minimum absolute atomic E-state index is 0.0547. The number of carbonyl (C=O) groups excluding carboxylic acids is 2. The molecule has 0 aliphatic carbocycles. The number of aryl methyl sites for hydroxylation is 1. The molecular formula is C30H35N5O4S. The number of fused-ring (bicyclic) bond motifs is 1. The molecule has 2 aliphatic rings. The Labute approximate surface area is 235 Å². The maximum atomic E-state index is 13.8. The molecule has 0 radical (unpaired) electrons. The van der Waals surface area contributed by atoms with Crippen molar-refractivity contribution in [2.75, 3.05) is 52.6 Å². The highest BCUT2D eigenvalue weighted by Gasteiger charge is 2.42. The molecule has 0 saturated carbocycles. The monoisotopic (exact) mass is 561 g/mol. The van der Waals surface area contributed by atoms with Crippen molar-refractivity contribution >= 4 is 44.6 Å². The van der Waals surface area contributed by atoms with Crippen LogP contribution in [0.4, 0.5) is 22.7 Å². The molecule has 2 amide bonds. The molecule has 3 aromatic carbocycles. The third-order valence-corrected chi connectivity index (χ3v) is 9.21. The van der Waals surface area contributed by atoms with Crippen LogP contribution in [-0.4, -0.2) is 63.9 Å². The van der Waals surface area contributed by atoms with E-state index in [-0.39, 0.29) is 11.3 Å². The van der Waals surface area contributed by atoms with Gasteiger partial charge in [0.15, 0.2) is 0 Å². The zero-order chi connectivity index (χ0) is 28.3. The first-order valence-corrected chi connectivity index (χ1v) is 15.1. The highest BCUT2D eigenvalue weighted by atomic mass is 32.2. The lowest BCUT2D eigenvalue weighted by atomic mass is 10.1. The summed E-state index contributed by atoms with van der Waals surface area (Å²) in [5.74, 6) is -1.01. The summed E-state index contributed by atoms with van der Waals surface area (Å²) in [4.78, 5) is 31.2. The number of benzene rings is 3. The average Bonchev–Trinajstić information content (AvgIpc) is 2.94. The molecular weight excluding hydrogens is 526 g/mol. The summed E-state index contributed by atoms with van der Waals surface area (Å²) in [5, 5.41) is 5.60. The SMILES string of the molecule is CCCN1CCN(c2ccc(NC(=O)C[C@@H]3C(=O)Nc4ccccc4N3S(=O)(=O)c3ccc(C)cc3)cc2)CC1. The van der Waals surface area contributed by atoms with Crippen LogP contribution in [0.5, 0.6) is 0 Å². The van der Waals surface area contributed by atoms with E-state index in [4.69, 9.17) is 0 Å². The Morgan fingerprint density at radius 2 is 1.62 bits per heavy atom. The predicted molar refractivity (Wildman–Crippen MR) is 158 cm³/mol. The lowest BCUT2D eigenvalue weighted by molar-refractivity contribution is -0.122. The van der Waals surface area contributed by atoms with E-state index in [1.807, 2.05) is 31.2 Å². The molecule has 0 aromatic heterocycles. The van der Waals surface area contributed by atoms with Gasteiger partial charge >= 0.3 is 0 Å². The summed E-state index contributed by atoms with van der Waals surface area (Å²) in [6, 6.07) is 19.5. The minimum Gasteiger partial charge on any atom is -0.369 e.